The third-order valence-electron chi connectivity index (χ3n) is 5.21. The van der Waals surface area contributed by atoms with Crippen LogP contribution in [0.3, 0.4) is 0 Å². The number of aryl methyl sites for hydroxylation is 3. The van der Waals surface area contributed by atoms with Crippen molar-refractivity contribution in [2.75, 3.05) is 12.4 Å². The molecule has 0 aliphatic heterocycles. The topological polar surface area (TPSA) is 95.2 Å². The van der Waals surface area contributed by atoms with Crippen LogP contribution in [-0.2, 0) is 25.3 Å². The van der Waals surface area contributed by atoms with E-state index in [0.29, 0.717) is 39.6 Å². The Bertz CT molecular complexity index is 1280. The van der Waals surface area contributed by atoms with E-state index in [0.717, 1.165) is 15.7 Å². The minimum atomic E-state index is -0.427. The molecule has 0 aliphatic rings. The zero-order chi connectivity index (χ0) is 22.2. The van der Waals surface area contributed by atoms with Crippen LogP contribution < -0.4 is 21.3 Å². The van der Waals surface area contributed by atoms with Crippen molar-refractivity contribution in [2.24, 2.45) is 14.1 Å². The molecule has 1 aromatic carbocycles. The van der Waals surface area contributed by atoms with Crippen LogP contribution in [0.4, 0.5) is 5.69 Å². The summed E-state index contributed by atoms with van der Waals surface area (Å²) in [6.07, 6.45) is 0.604. The molecule has 3 aromatic rings. The Kier molecular flexibility index (Phi) is 5.98. The van der Waals surface area contributed by atoms with Crippen LogP contribution in [-0.4, -0.2) is 27.1 Å². The third-order valence-corrected chi connectivity index (χ3v) is 5.50. The maximum absolute atomic E-state index is 12.7. The van der Waals surface area contributed by atoms with Crippen LogP contribution in [0.25, 0.3) is 11.0 Å². The number of aromatic nitrogens is 3. The zero-order valence-electron chi connectivity index (χ0n) is 17.5. The number of anilines is 1. The Hall–Kier alpha value is -3.13. The van der Waals surface area contributed by atoms with Crippen molar-refractivity contribution in [3.05, 3.63) is 60.9 Å². The fourth-order valence-electron chi connectivity index (χ4n) is 3.52. The predicted molar refractivity (Wildman–Crippen MR) is 117 cm³/mol. The van der Waals surface area contributed by atoms with Crippen molar-refractivity contribution in [3.63, 3.8) is 0 Å². The number of pyridine rings is 1. The molecule has 1 N–H and O–H groups in total. The second-order valence-electron chi connectivity index (χ2n) is 7.10. The molecule has 0 spiro atoms. The number of amides is 1. The maximum atomic E-state index is 12.7. The number of nitrogens with one attached hydrogen (secondary N) is 1. The van der Waals surface area contributed by atoms with Crippen LogP contribution in [0.1, 0.15) is 23.2 Å². The van der Waals surface area contributed by atoms with Gasteiger partial charge in [-0.1, -0.05) is 11.6 Å². The number of ether oxygens (including phenoxy) is 1. The van der Waals surface area contributed by atoms with Gasteiger partial charge in [0.2, 0.25) is 5.91 Å². The largest absolute Gasteiger partial charge is 0.495 e. The molecule has 8 nitrogen and oxygen atoms in total. The number of methoxy groups -OCH3 is 1. The highest BCUT2D eigenvalue weighted by molar-refractivity contribution is 6.32. The van der Waals surface area contributed by atoms with Gasteiger partial charge in [-0.3, -0.25) is 18.7 Å². The van der Waals surface area contributed by atoms with Crippen LogP contribution in [0, 0.1) is 13.8 Å². The monoisotopic (exact) mass is 430 g/mol. The van der Waals surface area contributed by atoms with E-state index in [4.69, 9.17) is 16.3 Å². The highest BCUT2D eigenvalue weighted by Gasteiger charge is 2.17. The first-order valence-corrected chi connectivity index (χ1v) is 9.72. The molecule has 2 heterocycles. The minimum Gasteiger partial charge on any atom is -0.495 e. The molecule has 0 fully saturated rings. The van der Waals surface area contributed by atoms with E-state index in [1.165, 1.54) is 18.7 Å². The summed E-state index contributed by atoms with van der Waals surface area (Å²) in [6.45, 7) is 3.63. The first-order chi connectivity index (χ1) is 14.1. The molecular weight excluding hydrogens is 408 g/mol. The van der Waals surface area contributed by atoms with E-state index in [1.807, 2.05) is 13.8 Å². The summed E-state index contributed by atoms with van der Waals surface area (Å²) in [5, 5.41) is 3.60. The van der Waals surface area contributed by atoms with E-state index < -0.39 is 11.2 Å². The van der Waals surface area contributed by atoms with E-state index >= 15 is 0 Å². The number of rotatable bonds is 5. The number of carbonyl (C=O) groups is 1. The summed E-state index contributed by atoms with van der Waals surface area (Å²) in [7, 11) is 4.55. The van der Waals surface area contributed by atoms with Gasteiger partial charge in [0.1, 0.15) is 11.4 Å². The Balaban J connectivity index is 1.87. The van der Waals surface area contributed by atoms with Crippen molar-refractivity contribution in [2.45, 2.75) is 26.7 Å². The molecule has 0 radical (unpaired) electrons. The van der Waals surface area contributed by atoms with Gasteiger partial charge in [-0.25, -0.2) is 9.78 Å². The van der Waals surface area contributed by atoms with Gasteiger partial charge < -0.3 is 10.1 Å². The third kappa shape index (κ3) is 3.82. The van der Waals surface area contributed by atoms with Crippen molar-refractivity contribution in [1.29, 1.82) is 0 Å². The lowest BCUT2D eigenvalue weighted by atomic mass is 10.00. The van der Waals surface area contributed by atoms with Gasteiger partial charge in [0, 0.05) is 31.9 Å². The van der Waals surface area contributed by atoms with E-state index in [2.05, 4.69) is 10.3 Å². The molecule has 0 unspecified atom stereocenters. The Morgan fingerprint density at radius 3 is 2.53 bits per heavy atom. The first-order valence-electron chi connectivity index (χ1n) is 9.34. The van der Waals surface area contributed by atoms with Gasteiger partial charge in [-0.05, 0) is 49.6 Å². The Labute approximate surface area is 178 Å². The average molecular weight is 431 g/mol. The standard InChI is InChI=1S/C21H23ClN4O4/c1-11-14(7-9-17(27)24-13-6-8-16(30-5)15(22)10-13)12(2)23-19-18(11)20(28)26(4)21(29)25(19)3/h6,8,10H,7,9H2,1-5H3,(H,24,27). The Morgan fingerprint density at radius 1 is 1.20 bits per heavy atom. The Morgan fingerprint density at radius 2 is 1.90 bits per heavy atom. The van der Waals surface area contributed by atoms with E-state index in [-0.39, 0.29) is 12.3 Å². The van der Waals surface area contributed by atoms with Gasteiger partial charge in [0.15, 0.2) is 0 Å². The zero-order valence-corrected chi connectivity index (χ0v) is 18.3. The number of halogens is 1. The SMILES string of the molecule is COc1ccc(NC(=O)CCc2c(C)nc3c(c2C)c(=O)n(C)c(=O)n3C)cc1Cl. The van der Waals surface area contributed by atoms with Gasteiger partial charge in [0.05, 0.1) is 17.5 Å². The average Bonchev–Trinajstić information content (AvgIpc) is 2.70. The number of fused-ring (bicyclic) bond motifs is 1. The number of hydrogen-bond acceptors (Lipinski definition) is 5. The number of nitrogens with zero attached hydrogens (tertiary/aromatic N) is 3. The van der Waals surface area contributed by atoms with Crippen molar-refractivity contribution >= 4 is 34.2 Å². The highest BCUT2D eigenvalue weighted by atomic mass is 35.5. The second kappa shape index (κ2) is 8.31. The van der Waals surface area contributed by atoms with Crippen LogP contribution in [0.2, 0.25) is 5.02 Å². The molecule has 0 aliphatic carbocycles. The van der Waals surface area contributed by atoms with Crippen molar-refractivity contribution in [3.8, 4) is 5.75 Å². The van der Waals surface area contributed by atoms with Crippen LogP contribution >= 0.6 is 11.6 Å². The van der Waals surface area contributed by atoms with E-state index in [9.17, 15) is 14.4 Å². The highest BCUT2D eigenvalue weighted by Crippen LogP contribution is 2.27. The molecule has 30 heavy (non-hydrogen) atoms. The lowest BCUT2D eigenvalue weighted by Gasteiger charge is -2.15. The van der Waals surface area contributed by atoms with E-state index in [1.54, 1.807) is 25.2 Å². The fraction of sp³-hybridized carbons (Fsp3) is 0.333. The summed E-state index contributed by atoms with van der Waals surface area (Å²) in [5.74, 6) is 0.336. The van der Waals surface area contributed by atoms with Crippen LogP contribution in [0.15, 0.2) is 27.8 Å². The normalized spacial score (nSPS) is 11.0. The first kappa shape index (κ1) is 21.6. The maximum Gasteiger partial charge on any atom is 0.332 e. The lowest BCUT2D eigenvalue weighted by Crippen LogP contribution is -2.38. The van der Waals surface area contributed by atoms with Gasteiger partial charge in [-0.15, -0.1) is 0 Å². The predicted octanol–water partition coefficient (Wildman–Crippen LogP) is 2.48. The summed E-state index contributed by atoms with van der Waals surface area (Å²) in [4.78, 5) is 41.8. The summed E-state index contributed by atoms with van der Waals surface area (Å²) >= 11 is 6.09. The quantitative estimate of drug-likeness (QED) is 0.671. The van der Waals surface area contributed by atoms with Crippen LogP contribution in [0.5, 0.6) is 5.75 Å². The minimum absolute atomic E-state index is 0.191. The summed E-state index contributed by atoms with van der Waals surface area (Å²) < 4.78 is 7.53. The summed E-state index contributed by atoms with van der Waals surface area (Å²) in [6, 6.07) is 5.01. The molecule has 3 rings (SSSR count). The smallest absolute Gasteiger partial charge is 0.332 e. The fourth-order valence-corrected chi connectivity index (χ4v) is 3.77. The van der Waals surface area contributed by atoms with Gasteiger partial charge in [-0.2, -0.15) is 0 Å². The summed E-state index contributed by atoms with van der Waals surface area (Å²) in [5.41, 5.74) is 2.33. The molecular formula is C21H23ClN4O4. The lowest BCUT2D eigenvalue weighted by molar-refractivity contribution is -0.116. The second-order valence-corrected chi connectivity index (χ2v) is 7.51. The number of benzene rings is 1. The molecule has 0 saturated heterocycles. The molecule has 2 aromatic heterocycles. The number of carbonyl (C=O) groups excluding carboxylic acids is 1. The molecule has 0 bridgehead atoms. The molecule has 0 atom stereocenters. The molecule has 158 valence electrons. The molecule has 1 amide bonds. The molecule has 0 saturated carbocycles. The molecule has 9 heteroatoms. The van der Waals surface area contributed by atoms with Crippen molar-refractivity contribution in [1.82, 2.24) is 14.1 Å². The van der Waals surface area contributed by atoms with Crippen molar-refractivity contribution < 1.29 is 9.53 Å². The van der Waals surface area contributed by atoms with Gasteiger partial charge >= 0.3 is 5.69 Å². The number of hydrogen-bond donors (Lipinski definition) is 1. The van der Waals surface area contributed by atoms with Gasteiger partial charge in [0.25, 0.3) is 5.56 Å².